The van der Waals surface area contributed by atoms with Crippen molar-refractivity contribution in [3.8, 4) is 0 Å². The lowest BCUT2D eigenvalue weighted by atomic mass is 10.1. The van der Waals surface area contributed by atoms with Crippen molar-refractivity contribution >= 4 is 27.3 Å². The summed E-state index contributed by atoms with van der Waals surface area (Å²) in [7, 11) is 0. The highest BCUT2D eigenvalue weighted by atomic mass is 79.9. The van der Waals surface area contributed by atoms with E-state index >= 15 is 0 Å². The second-order valence-electron chi connectivity index (χ2n) is 4.61. The fraction of sp³-hybridized carbons (Fsp3) is 0.692. The first-order valence-electron chi connectivity index (χ1n) is 6.16. The zero-order valence-corrected chi connectivity index (χ0v) is 13.2. The van der Waals surface area contributed by atoms with Crippen LogP contribution in [0.1, 0.15) is 38.1 Å². The van der Waals surface area contributed by atoms with E-state index in [4.69, 9.17) is 4.74 Å². The van der Waals surface area contributed by atoms with Crippen LogP contribution < -0.4 is 5.32 Å². The third kappa shape index (κ3) is 6.55. The summed E-state index contributed by atoms with van der Waals surface area (Å²) < 4.78 is 6.76. The maximum atomic E-state index is 5.57. The van der Waals surface area contributed by atoms with Crippen LogP contribution in [0.5, 0.6) is 0 Å². The molecule has 0 saturated heterocycles. The van der Waals surface area contributed by atoms with Crippen molar-refractivity contribution in [3.63, 3.8) is 0 Å². The van der Waals surface area contributed by atoms with Gasteiger partial charge in [-0.3, -0.25) is 0 Å². The van der Waals surface area contributed by atoms with E-state index < -0.39 is 0 Å². The molecular formula is C13H22BrNOS. The Morgan fingerprint density at radius 2 is 2.06 bits per heavy atom. The first kappa shape index (κ1) is 15.2. The van der Waals surface area contributed by atoms with Gasteiger partial charge in [-0.25, -0.2) is 0 Å². The summed E-state index contributed by atoms with van der Waals surface area (Å²) in [6, 6.07) is 4.66. The molecule has 0 spiro atoms. The minimum absolute atomic E-state index is 0.403. The molecule has 4 heteroatoms. The molecule has 1 atom stereocenters. The van der Waals surface area contributed by atoms with Crippen LogP contribution in [0.3, 0.4) is 0 Å². The molecule has 0 radical (unpaired) electrons. The summed E-state index contributed by atoms with van der Waals surface area (Å²) in [6.07, 6.45) is 1.15. The van der Waals surface area contributed by atoms with Gasteiger partial charge in [0.1, 0.15) is 0 Å². The van der Waals surface area contributed by atoms with Crippen molar-refractivity contribution in [1.82, 2.24) is 5.32 Å². The Kier molecular flexibility index (Phi) is 7.35. The molecule has 17 heavy (non-hydrogen) atoms. The SMILES string of the molecule is CC(C)CCOCCNC(C)c1ccc(Br)s1. The molecule has 0 fully saturated rings. The van der Waals surface area contributed by atoms with Gasteiger partial charge >= 0.3 is 0 Å². The van der Waals surface area contributed by atoms with Crippen LogP contribution in [0.2, 0.25) is 0 Å². The van der Waals surface area contributed by atoms with Gasteiger partial charge in [-0.15, -0.1) is 11.3 Å². The lowest BCUT2D eigenvalue weighted by Crippen LogP contribution is -2.23. The van der Waals surface area contributed by atoms with Crippen molar-refractivity contribution < 1.29 is 4.74 Å². The molecule has 1 aromatic rings. The third-order valence-corrected chi connectivity index (χ3v) is 4.36. The van der Waals surface area contributed by atoms with Gasteiger partial charge in [-0.05, 0) is 47.3 Å². The largest absolute Gasteiger partial charge is 0.380 e. The summed E-state index contributed by atoms with van der Waals surface area (Å²) in [5, 5.41) is 3.46. The maximum Gasteiger partial charge on any atom is 0.0701 e. The van der Waals surface area contributed by atoms with Gasteiger partial charge in [0, 0.05) is 24.1 Å². The Morgan fingerprint density at radius 3 is 2.65 bits per heavy atom. The quantitative estimate of drug-likeness (QED) is 0.724. The van der Waals surface area contributed by atoms with Crippen molar-refractivity contribution in [2.45, 2.75) is 33.2 Å². The van der Waals surface area contributed by atoms with Crippen LogP contribution >= 0.6 is 27.3 Å². The molecule has 0 aliphatic carbocycles. The minimum atomic E-state index is 0.403. The Labute approximate surface area is 117 Å². The van der Waals surface area contributed by atoms with Crippen molar-refractivity contribution in [3.05, 3.63) is 20.8 Å². The van der Waals surface area contributed by atoms with Gasteiger partial charge in [0.15, 0.2) is 0 Å². The van der Waals surface area contributed by atoms with Gasteiger partial charge in [0.05, 0.1) is 10.4 Å². The Hall–Kier alpha value is 0.1000. The zero-order valence-electron chi connectivity index (χ0n) is 10.8. The number of hydrogen-bond donors (Lipinski definition) is 1. The fourth-order valence-electron chi connectivity index (χ4n) is 1.43. The van der Waals surface area contributed by atoms with E-state index in [1.54, 1.807) is 11.3 Å². The van der Waals surface area contributed by atoms with Crippen LogP contribution in [0.15, 0.2) is 15.9 Å². The number of ether oxygens (including phenoxy) is 1. The van der Waals surface area contributed by atoms with Crippen LogP contribution in [-0.4, -0.2) is 19.8 Å². The first-order valence-corrected chi connectivity index (χ1v) is 7.77. The van der Waals surface area contributed by atoms with Gasteiger partial charge in [-0.2, -0.15) is 0 Å². The van der Waals surface area contributed by atoms with E-state index in [-0.39, 0.29) is 0 Å². The number of nitrogens with one attached hydrogen (secondary N) is 1. The molecule has 0 amide bonds. The average Bonchev–Trinajstić information content (AvgIpc) is 2.69. The molecular weight excluding hydrogens is 298 g/mol. The monoisotopic (exact) mass is 319 g/mol. The first-order chi connectivity index (χ1) is 8.09. The zero-order chi connectivity index (χ0) is 12.7. The Bertz CT molecular complexity index is 314. The number of hydrogen-bond acceptors (Lipinski definition) is 3. The summed E-state index contributed by atoms with van der Waals surface area (Å²) in [5.41, 5.74) is 0. The molecule has 0 aliphatic rings. The standard InChI is InChI=1S/C13H22BrNOS/c1-10(2)6-8-16-9-7-15-11(3)12-4-5-13(14)17-12/h4-5,10-11,15H,6-9H2,1-3H3. The van der Waals surface area contributed by atoms with Crippen molar-refractivity contribution in [2.24, 2.45) is 5.92 Å². The van der Waals surface area contributed by atoms with E-state index in [2.05, 4.69) is 54.2 Å². The molecule has 1 aromatic heterocycles. The van der Waals surface area contributed by atoms with Crippen LogP contribution in [0.4, 0.5) is 0 Å². The molecule has 1 heterocycles. The van der Waals surface area contributed by atoms with E-state index in [1.807, 2.05) is 0 Å². The van der Waals surface area contributed by atoms with E-state index in [1.165, 1.54) is 8.66 Å². The normalized spacial score (nSPS) is 13.2. The van der Waals surface area contributed by atoms with Gasteiger partial charge < -0.3 is 10.1 Å². The Morgan fingerprint density at radius 1 is 1.29 bits per heavy atom. The van der Waals surface area contributed by atoms with Gasteiger partial charge in [-0.1, -0.05) is 13.8 Å². The van der Waals surface area contributed by atoms with Crippen molar-refractivity contribution in [2.75, 3.05) is 19.8 Å². The lowest BCUT2D eigenvalue weighted by molar-refractivity contribution is 0.124. The highest BCUT2D eigenvalue weighted by Crippen LogP contribution is 2.26. The molecule has 1 rings (SSSR count). The van der Waals surface area contributed by atoms with Gasteiger partial charge in [0.25, 0.3) is 0 Å². The third-order valence-electron chi connectivity index (χ3n) is 2.56. The van der Waals surface area contributed by atoms with E-state index in [0.717, 1.165) is 32.1 Å². The topological polar surface area (TPSA) is 21.3 Å². The maximum absolute atomic E-state index is 5.57. The minimum Gasteiger partial charge on any atom is -0.380 e. The molecule has 0 aromatic carbocycles. The lowest BCUT2D eigenvalue weighted by Gasteiger charge is -2.12. The second-order valence-corrected chi connectivity index (χ2v) is 7.11. The van der Waals surface area contributed by atoms with Crippen molar-refractivity contribution in [1.29, 1.82) is 0 Å². The summed E-state index contributed by atoms with van der Waals surface area (Å²) in [5.74, 6) is 0.727. The predicted octanol–water partition coefficient (Wildman–Crippen LogP) is 4.22. The van der Waals surface area contributed by atoms with E-state index in [0.29, 0.717) is 6.04 Å². The number of rotatable bonds is 8. The molecule has 1 unspecified atom stereocenters. The summed E-state index contributed by atoms with van der Waals surface area (Å²) in [4.78, 5) is 1.36. The molecule has 2 nitrogen and oxygen atoms in total. The molecule has 0 saturated carbocycles. The summed E-state index contributed by atoms with van der Waals surface area (Å²) in [6.45, 7) is 9.21. The molecule has 98 valence electrons. The van der Waals surface area contributed by atoms with E-state index in [9.17, 15) is 0 Å². The number of thiophene rings is 1. The second kappa shape index (κ2) is 8.25. The highest BCUT2D eigenvalue weighted by Gasteiger charge is 2.06. The van der Waals surface area contributed by atoms with Crippen LogP contribution in [0, 0.1) is 5.92 Å². The molecule has 0 bridgehead atoms. The Balaban J connectivity index is 2.06. The molecule has 0 aliphatic heterocycles. The highest BCUT2D eigenvalue weighted by molar-refractivity contribution is 9.11. The van der Waals surface area contributed by atoms with Crippen LogP contribution in [0.25, 0.3) is 0 Å². The average molecular weight is 320 g/mol. The van der Waals surface area contributed by atoms with Crippen LogP contribution in [-0.2, 0) is 4.74 Å². The van der Waals surface area contributed by atoms with Gasteiger partial charge in [0.2, 0.25) is 0 Å². The molecule has 1 N–H and O–H groups in total. The fourth-order valence-corrected chi connectivity index (χ4v) is 2.88. The predicted molar refractivity (Wildman–Crippen MR) is 78.7 cm³/mol. The smallest absolute Gasteiger partial charge is 0.0701 e. The number of halogens is 1. The summed E-state index contributed by atoms with van der Waals surface area (Å²) >= 11 is 5.26.